The van der Waals surface area contributed by atoms with E-state index in [4.69, 9.17) is 0 Å². The monoisotopic (exact) mass is 293 g/mol. The van der Waals surface area contributed by atoms with Crippen molar-refractivity contribution < 1.29 is 17.2 Å². The van der Waals surface area contributed by atoms with Gasteiger partial charge < -0.3 is 0 Å². The maximum atomic E-state index is 11.9. The second-order valence-corrected chi connectivity index (χ2v) is 6.26. The van der Waals surface area contributed by atoms with Crippen molar-refractivity contribution >= 4 is 26.0 Å². The highest BCUT2D eigenvalue weighted by atomic mass is 79.9. The Hall–Kier alpha value is 0.250. The first-order valence-corrected chi connectivity index (χ1v) is 6.71. The van der Waals surface area contributed by atoms with Gasteiger partial charge in [-0.1, -0.05) is 29.8 Å². The van der Waals surface area contributed by atoms with E-state index >= 15 is 0 Å². The van der Waals surface area contributed by atoms with E-state index in [-0.39, 0.29) is 12.0 Å². The molecule has 0 rings (SSSR count). The topological polar surface area (TPSA) is 46.2 Å². The van der Waals surface area contributed by atoms with Gasteiger partial charge in [0, 0.05) is 11.9 Å². The Labute approximate surface area is 91.4 Å². The van der Waals surface area contributed by atoms with Crippen LogP contribution in [0.1, 0.15) is 20.3 Å². The lowest BCUT2D eigenvalue weighted by Gasteiger charge is -2.23. The second-order valence-electron chi connectivity index (χ2n) is 3.73. The number of hydrogen-bond acceptors (Lipinski definition) is 2. The van der Waals surface area contributed by atoms with Gasteiger partial charge in [0.15, 0.2) is 0 Å². The Bertz CT molecular complexity index is 267. The minimum Gasteiger partial charge on any atom is -0.210 e. The summed E-state index contributed by atoms with van der Waals surface area (Å²) in [5.74, 6) is -3.36. The molecule has 0 spiro atoms. The van der Waals surface area contributed by atoms with E-state index in [0.29, 0.717) is 11.8 Å². The highest BCUT2D eigenvalue weighted by molar-refractivity contribution is 9.09. The van der Waals surface area contributed by atoms with Gasteiger partial charge in [-0.25, -0.2) is 13.1 Å². The van der Waals surface area contributed by atoms with Gasteiger partial charge in [-0.3, -0.25) is 0 Å². The zero-order valence-electron chi connectivity index (χ0n) is 8.06. The molecule has 0 heterocycles. The molecular weight excluding hydrogens is 280 g/mol. The van der Waals surface area contributed by atoms with Crippen LogP contribution in [0.3, 0.4) is 0 Å². The summed E-state index contributed by atoms with van der Waals surface area (Å²) in [6.45, 7) is 3.63. The molecule has 14 heavy (non-hydrogen) atoms. The van der Waals surface area contributed by atoms with Crippen molar-refractivity contribution in [2.45, 2.75) is 26.0 Å². The third-order valence-corrected chi connectivity index (χ3v) is 3.17. The van der Waals surface area contributed by atoms with Crippen molar-refractivity contribution in [1.82, 2.24) is 4.72 Å². The Morgan fingerprint density at radius 1 is 1.43 bits per heavy atom. The standard InChI is InChI=1S/C7H14BrF2NO2S/c1-7(2,3-4-8)5-11-14(12,13)6(9)10/h6,11H,3-5H2,1-2H3. The Morgan fingerprint density at radius 2 is 1.93 bits per heavy atom. The lowest BCUT2D eigenvalue weighted by molar-refractivity contribution is 0.230. The average molecular weight is 294 g/mol. The second kappa shape index (κ2) is 5.37. The molecule has 0 aromatic carbocycles. The summed E-state index contributed by atoms with van der Waals surface area (Å²) in [6, 6.07) is 0. The summed E-state index contributed by atoms with van der Waals surface area (Å²) in [5.41, 5.74) is -0.328. The van der Waals surface area contributed by atoms with Gasteiger partial charge >= 0.3 is 5.76 Å². The summed E-state index contributed by atoms with van der Waals surface area (Å²) in [4.78, 5) is 0. The van der Waals surface area contributed by atoms with Crippen LogP contribution in [-0.4, -0.2) is 26.1 Å². The van der Waals surface area contributed by atoms with Gasteiger partial charge in [0.05, 0.1) is 0 Å². The Kier molecular flexibility index (Phi) is 5.46. The van der Waals surface area contributed by atoms with E-state index in [1.807, 2.05) is 18.6 Å². The molecular formula is C7H14BrF2NO2S. The van der Waals surface area contributed by atoms with E-state index in [1.165, 1.54) is 0 Å². The Morgan fingerprint density at radius 3 is 2.29 bits per heavy atom. The molecule has 3 nitrogen and oxygen atoms in total. The molecule has 0 aromatic rings. The maximum absolute atomic E-state index is 11.9. The number of hydrogen-bond donors (Lipinski definition) is 1. The Balaban J connectivity index is 4.19. The predicted octanol–water partition coefficient (Wildman–Crippen LogP) is 1.94. The molecule has 7 heteroatoms. The van der Waals surface area contributed by atoms with Crippen molar-refractivity contribution in [2.75, 3.05) is 11.9 Å². The highest BCUT2D eigenvalue weighted by Crippen LogP contribution is 2.20. The number of alkyl halides is 3. The molecule has 0 bridgehead atoms. The average Bonchev–Trinajstić information content (AvgIpc) is 2.01. The summed E-state index contributed by atoms with van der Waals surface area (Å²) in [6.07, 6.45) is 0.707. The van der Waals surface area contributed by atoms with E-state index in [0.717, 1.165) is 0 Å². The molecule has 0 fully saturated rings. The molecule has 0 aliphatic rings. The zero-order valence-corrected chi connectivity index (χ0v) is 10.5. The molecule has 0 aliphatic carbocycles. The van der Waals surface area contributed by atoms with Crippen LogP contribution in [0.15, 0.2) is 0 Å². The van der Waals surface area contributed by atoms with E-state index in [2.05, 4.69) is 15.9 Å². The van der Waals surface area contributed by atoms with Crippen molar-refractivity contribution in [3.8, 4) is 0 Å². The molecule has 0 amide bonds. The van der Waals surface area contributed by atoms with E-state index in [9.17, 15) is 17.2 Å². The molecule has 0 atom stereocenters. The van der Waals surface area contributed by atoms with Crippen molar-refractivity contribution in [1.29, 1.82) is 0 Å². The van der Waals surface area contributed by atoms with Gasteiger partial charge in [-0.15, -0.1) is 0 Å². The van der Waals surface area contributed by atoms with E-state index in [1.54, 1.807) is 0 Å². The van der Waals surface area contributed by atoms with Crippen LogP contribution in [0.25, 0.3) is 0 Å². The quantitative estimate of drug-likeness (QED) is 0.761. The largest absolute Gasteiger partial charge is 0.350 e. The van der Waals surface area contributed by atoms with Crippen LogP contribution < -0.4 is 4.72 Å². The number of sulfonamides is 1. The lowest BCUT2D eigenvalue weighted by atomic mass is 9.91. The maximum Gasteiger partial charge on any atom is 0.350 e. The van der Waals surface area contributed by atoms with E-state index < -0.39 is 15.8 Å². The highest BCUT2D eigenvalue weighted by Gasteiger charge is 2.26. The number of rotatable bonds is 6. The summed E-state index contributed by atoms with van der Waals surface area (Å²) >= 11 is 3.21. The molecule has 86 valence electrons. The minimum absolute atomic E-state index is 0.0191. The van der Waals surface area contributed by atoms with Crippen LogP contribution >= 0.6 is 15.9 Å². The molecule has 0 aromatic heterocycles. The SMILES string of the molecule is CC(C)(CCBr)CNS(=O)(=O)C(F)F. The van der Waals surface area contributed by atoms with Gasteiger partial charge in [0.25, 0.3) is 10.0 Å². The lowest BCUT2D eigenvalue weighted by Crippen LogP contribution is -2.37. The third-order valence-electron chi connectivity index (χ3n) is 1.76. The van der Waals surface area contributed by atoms with Crippen LogP contribution in [0.2, 0.25) is 0 Å². The summed E-state index contributed by atoms with van der Waals surface area (Å²) in [5, 5.41) is 0.705. The minimum atomic E-state index is -4.45. The summed E-state index contributed by atoms with van der Waals surface area (Å²) in [7, 11) is -4.45. The molecule has 0 radical (unpaired) electrons. The molecule has 0 saturated heterocycles. The fourth-order valence-corrected chi connectivity index (χ4v) is 2.49. The first kappa shape index (κ1) is 14.2. The number of nitrogens with one attached hydrogen (secondary N) is 1. The van der Waals surface area contributed by atoms with Crippen LogP contribution in [-0.2, 0) is 10.0 Å². The fraction of sp³-hybridized carbons (Fsp3) is 1.00. The zero-order chi connectivity index (χ0) is 11.4. The molecule has 0 aliphatic heterocycles. The molecule has 0 saturated carbocycles. The first-order valence-electron chi connectivity index (χ1n) is 4.04. The van der Waals surface area contributed by atoms with Gasteiger partial charge in [0.2, 0.25) is 0 Å². The van der Waals surface area contributed by atoms with Gasteiger partial charge in [-0.2, -0.15) is 8.78 Å². The first-order chi connectivity index (χ1) is 6.21. The van der Waals surface area contributed by atoms with Crippen molar-refractivity contribution in [3.63, 3.8) is 0 Å². The van der Waals surface area contributed by atoms with Crippen LogP contribution in [0.4, 0.5) is 8.78 Å². The van der Waals surface area contributed by atoms with Crippen LogP contribution in [0.5, 0.6) is 0 Å². The normalized spacial score (nSPS) is 13.6. The smallest absolute Gasteiger partial charge is 0.210 e. The fourth-order valence-electron chi connectivity index (χ4n) is 0.703. The van der Waals surface area contributed by atoms with Crippen molar-refractivity contribution in [3.05, 3.63) is 0 Å². The summed E-state index contributed by atoms with van der Waals surface area (Å²) < 4.78 is 47.1. The molecule has 1 N–H and O–H groups in total. The molecule has 0 unspecified atom stereocenters. The van der Waals surface area contributed by atoms with Gasteiger partial charge in [0.1, 0.15) is 0 Å². The van der Waals surface area contributed by atoms with Crippen LogP contribution in [0, 0.1) is 5.41 Å². The van der Waals surface area contributed by atoms with Crippen molar-refractivity contribution in [2.24, 2.45) is 5.41 Å². The predicted molar refractivity (Wildman–Crippen MR) is 55.1 cm³/mol. The van der Waals surface area contributed by atoms with Gasteiger partial charge in [-0.05, 0) is 11.8 Å². The third kappa shape index (κ3) is 5.21. The number of halogens is 3.